The number of nitrogens with one attached hydrogen (secondary N) is 3. The molecule has 49 heavy (non-hydrogen) atoms. The van der Waals surface area contributed by atoms with E-state index in [0.29, 0.717) is 44.8 Å². The predicted octanol–water partition coefficient (Wildman–Crippen LogP) is -1.80. The molecule has 278 valence electrons. The first-order valence-corrected chi connectivity index (χ1v) is 17.1. The molecule has 3 aliphatic heterocycles. The molecule has 0 radical (unpaired) electrons. The summed E-state index contributed by atoms with van der Waals surface area (Å²) in [5.74, 6) is -0.749. The van der Waals surface area contributed by atoms with Crippen LogP contribution in [0.15, 0.2) is 24.3 Å². The number of benzene rings is 1. The number of carbonyl (C=O) groups is 2. The van der Waals surface area contributed by atoms with Gasteiger partial charge in [0.05, 0.1) is 18.1 Å². The maximum atomic E-state index is 12.6. The first kappa shape index (κ1) is 39.3. The lowest BCUT2D eigenvalue weighted by Gasteiger charge is -2.45. The van der Waals surface area contributed by atoms with Gasteiger partial charge in [-0.1, -0.05) is 26.0 Å². The minimum absolute atomic E-state index is 0.115. The molecular formula is C33H53N3O13. The standard InChI is InChI=1S/C33H53N3O13/c1-4-17(2)31(44)45-16-23-26(40)27(41)29(43)32(48-23)49-30-28(42)25(39)18(3)46-33(30)47-21-8-6-19(7-9-21)22-14-24(38)36-12-5-11-34-15-20(37)10-13-35-22/h6-9,17-18,20,22-23,25-30,32-35,37,39-43H,4-5,10-16H2,1-3H3,(H,36,38)/t17-,18-,20+,22-,23+,25-,26+,27-,28+,29+,30+,32-,33-/m0/s1. The van der Waals surface area contributed by atoms with Gasteiger partial charge in [-0.3, -0.25) is 9.59 Å². The van der Waals surface area contributed by atoms with Gasteiger partial charge in [0.15, 0.2) is 12.4 Å². The average Bonchev–Trinajstić information content (AvgIpc) is 3.10. The van der Waals surface area contributed by atoms with E-state index in [4.69, 9.17) is 23.7 Å². The first-order chi connectivity index (χ1) is 23.4. The SMILES string of the molecule is CC[C@H](C)C(=O)OC[C@H]1O[C@@H](O[C@H]2[C@H](Oc3ccc([C@@H]4CC(=O)NCCCNC[C@H](O)CCN4)cc3)O[C@@H](C)[C@H](O)[C@H]2O)[C@H](O)[C@@H](O)[C@@H]1O. The predicted molar refractivity (Wildman–Crippen MR) is 172 cm³/mol. The number of aliphatic hydroxyl groups excluding tert-OH is 6. The summed E-state index contributed by atoms with van der Waals surface area (Å²) >= 11 is 0. The summed E-state index contributed by atoms with van der Waals surface area (Å²) in [4.78, 5) is 24.8. The van der Waals surface area contributed by atoms with E-state index < -0.39 is 86.0 Å². The molecule has 3 fully saturated rings. The molecule has 0 aromatic heterocycles. The zero-order chi connectivity index (χ0) is 35.7. The van der Waals surface area contributed by atoms with Crippen LogP contribution in [-0.2, 0) is 28.5 Å². The van der Waals surface area contributed by atoms with Gasteiger partial charge in [0.2, 0.25) is 12.2 Å². The number of rotatable bonds is 9. The van der Waals surface area contributed by atoms with Gasteiger partial charge in [0.1, 0.15) is 49.0 Å². The molecule has 16 nitrogen and oxygen atoms in total. The zero-order valence-electron chi connectivity index (χ0n) is 28.2. The molecule has 16 heteroatoms. The van der Waals surface area contributed by atoms with Crippen LogP contribution in [0.4, 0.5) is 0 Å². The zero-order valence-corrected chi connectivity index (χ0v) is 28.2. The number of ether oxygens (including phenoxy) is 5. The third-order valence-corrected chi connectivity index (χ3v) is 9.17. The first-order valence-electron chi connectivity index (χ1n) is 17.1. The van der Waals surface area contributed by atoms with Crippen molar-refractivity contribution >= 4 is 11.9 Å². The van der Waals surface area contributed by atoms with E-state index in [1.54, 1.807) is 31.2 Å². The van der Waals surface area contributed by atoms with Gasteiger partial charge < -0.3 is 70.3 Å². The van der Waals surface area contributed by atoms with Crippen molar-refractivity contribution in [2.75, 3.05) is 32.8 Å². The Morgan fingerprint density at radius 1 is 0.939 bits per heavy atom. The third-order valence-electron chi connectivity index (χ3n) is 9.17. The molecule has 1 aromatic rings. The fourth-order valence-electron chi connectivity index (χ4n) is 5.75. The summed E-state index contributed by atoms with van der Waals surface area (Å²) in [7, 11) is 0. The van der Waals surface area contributed by atoms with Crippen LogP contribution in [0, 0.1) is 5.92 Å². The van der Waals surface area contributed by atoms with E-state index in [9.17, 15) is 40.2 Å². The summed E-state index contributed by atoms with van der Waals surface area (Å²) < 4.78 is 28.7. The minimum Gasteiger partial charge on any atom is -0.463 e. The molecule has 0 spiro atoms. The van der Waals surface area contributed by atoms with E-state index in [0.717, 1.165) is 12.0 Å². The van der Waals surface area contributed by atoms with Crippen molar-refractivity contribution in [1.82, 2.24) is 16.0 Å². The lowest BCUT2D eigenvalue weighted by Crippen LogP contribution is -2.64. The highest BCUT2D eigenvalue weighted by Gasteiger charge is 2.51. The topological polar surface area (TPSA) is 238 Å². The largest absolute Gasteiger partial charge is 0.463 e. The van der Waals surface area contributed by atoms with Crippen molar-refractivity contribution < 1.29 is 63.9 Å². The Kier molecular flexibility index (Phi) is 15.0. The Labute approximate surface area is 286 Å². The van der Waals surface area contributed by atoms with Crippen molar-refractivity contribution in [3.63, 3.8) is 0 Å². The molecule has 9 N–H and O–H groups in total. The molecule has 3 heterocycles. The molecule has 0 saturated carbocycles. The Balaban J connectivity index is 1.45. The quantitative estimate of drug-likeness (QED) is 0.129. The minimum atomic E-state index is -1.78. The highest BCUT2D eigenvalue weighted by Crippen LogP contribution is 2.31. The summed E-state index contributed by atoms with van der Waals surface area (Å²) in [6, 6.07) is 6.47. The van der Waals surface area contributed by atoms with E-state index in [1.807, 2.05) is 6.92 Å². The Morgan fingerprint density at radius 3 is 2.39 bits per heavy atom. The fraction of sp³-hybridized carbons (Fsp3) is 0.758. The second kappa shape index (κ2) is 18.7. The van der Waals surface area contributed by atoms with Crippen LogP contribution in [0.5, 0.6) is 5.75 Å². The van der Waals surface area contributed by atoms with Crippen LogP contribution in [-0.4, -0.2) is 143 Å². The lowest BCUT2D eigenvalue weighted by molar-refractivity contribution is -0.355. The lowest BCUT2D eigenvalue weighted by atomic mass is 9.97. The molecule has 0 unspecified atom stereocenters. The van der Waals surface area contributed by atoms with Gasteiger partial charge in [-0.15, -0.1) is 0 Å². The number of esters is 1. The molecule has 4 rings (SSSR count). The molecule has 0 aliphatic carbocycles. The number of aliphatic hydroxyl groups is 6. The second-order valence-electron chi connectivity index (χ2n) is 13.0. The van der Waals surface area contributed by atoms with Crippen LogP contribution < -0.4 is 20.7 Å². The maximum Gasteiger partial charge on any atom is 0.308 e. The molecule has 1 amide bonds. The Bertz CT molecular complexity index is 1180. The molecule has 3 aliphatic rings. The summed E-state index contributed by atoms with van der Waals surface area (Å²) in [6.07, 6.45) is -13.3. The van der Waals surface area contributed by atoms with Crippen molar-refractivity contribution in [2.24, 2.45) is 5.92 Å². The molecule has 1 aromatic carbocycles. The van der Waals surface area contributed by atoms with Gasteiger partial charge in [0, 0.05) is 25.6 Å². The summed E-state index contributed by atoms with van der Waals surface area (Å²) in [6.45, 7) is 6.75. The number of amides is 1. The maximum absolute atomic E-state index is 12.6. The van der Waals surface area contributed by atoms with E-state index in [1.165, 1.54) is 6.92 Å². The molecule has 0 bridgehead atoms. The van der Waals surface area contributed by atoms with E-state index in [-0.39, 0.29) is 18.4 Å². The number of hydrogen-bond acceptors (Lipinski definition) is 15. The second-order valence-corrected chi connectivity index (χ2v) is 13.0. The van der Waals surface area contributed by atoms with Gasteiger partial charge in [-0.25, -0.2) is 0 Å². The third kappa shape index (κ3) is 10.8. The highest BCUT2D eigenvalue weighted by molar-refractivity contribution is 5.76. The number of hydrogen-bond donors (Lipinski definition) is 9. The fourth-order valence-corrected chi connectivity index (χ4v) is 5.75. The van der Waals surface area contributed by atoms with Gasteiger partial charge in [-0.2, -0.15) is 0 Å². The monoisotopic (exact) mass is 699 g/mol. The van der Waals surface area contributed by atoms with Crippen molar-refractivity contribution in [2.45, 2.75) is 120 Å². The average molecular weight is 700 g/mol. The smallest absolute Gasteiger partial charge is 0.308 e. The number of carbonyl (C=O) groups excluding carboxylic acids is 2. The van der Waals surface area contributed by atoms with Crippen molar-refractivity contribution in [3.05, 3.63) is 29.8 Å². The van der Waals surface area contributed by atoms with Crippen molar-refractivity contribution in [3.8, 4) is 5.75 Å². The molecule has 13 atom stereocenters. The molecule has 3 saturated heterocycles. The normalized spacial score (nSPS) is 37.4. The van der Waals surface area contributed by atoms with Crippen LogP contribution >= 0.6 is 0 Å². The summed E-state index contributed by atoms with van der Waals surface area (Å²) in [5.41, 5.74) is 0.789. The summed E-state index contributed by atoms with van der Waals surface area (Å²) in [5, 5.41) is 73.0. The Hall–Kier alpha value is -2.48. The van der Waals surface area contributed by atoms with Crippen molar-refractivity contribution in [1.29, 1.82) is 0 Å². The van der Waals surface area contributed by atoms with Crippen LogP contribution in [0.1, 0.15) is 58.1 Å². The van der Waals surface area contributed by atoms with Gasteiger partial charge >= 0.3 is 5.97 Å². The number of β-amino-alcohol motifs (C(OH)–C–C–N with tert-alkyl or cyclic N) is 1. The van der Waals surface area contributed by atoms with Crippen LogP contribution in [0.25, 0.3) is 0 Å². The van der Waals surface area contributed by atoms with E-state index >= 15 is 0 Å². The highest BCUT2D eigenvalue weighted by atomic mass is 16.8. The van der Waals surface area contributed by atoms with Crippen LogP contribution in [0.3, 0.4) is 0 Å². The van der Waals surface area contributed by atoms with Crippen LogP contribution in [0.2, 0.25) is 0 Å². The van der Waals surface area contributed by atoms with Gasteiger partial charge in [0.25, 0.3) is 0 Å². The Morgan fingerprint density at radius 2 is 1.67 bits per heavy atom. The van der Waals surface area contributed by atoms with E-state index in [2.05, 4.69) is 16.0 Å². The molecular weight excluding hydrogens is 646 g/mol. The van der Waals surface area contributed by atoms with Gasteiger partial charge in [-0.05, 0) is 57.0 Å².